The van der Waals surface area contributed by atoms with Gasteiger partial charge in [0.25, 0.3) is 0 Å². The fourth-order valence-electron chi connectivity index (χ4n) is 17.2. The van der Waals surface area contributed by atoms with Crippen molar-refractivity contribution < 1.29 is 32.7 Å². The van der Waals surface area contributed by atoms with E-state index in [-0.39, 0.29) is 128 Å². The zero-order valence-electron chi connectivity index (χ0n) is 71.9. The fraction of sp³-hybridized carbons (Fsp3) is 0.316. The molecule has 12 aromatic rings. The van der Waals surface area contributed by atoms with Gasteiger partial charge in [0.1, 0.15) is 40.6 Å². The number of fused-ring (bicyclic) bond motifs is 4. The van der Waals surface area contributed by atoms with Gasteiger partial charge >= 0.3 is 17.1 Å². The summed E-state index contributed by atoms with van der Waals surface area (Å²) < 4.78 is 50.3. The minimum absolute atomic E-state index is 0.0116. The van der Waals surface area contributed by atoms with Crippen LogP contribution < -0.4 is 31.8 Å². The molecule has 9 aromatic heterocycles. The molecule has 0 radical (unpaired) electrons. The predicted molar refractivity (Wildman–Crippen MR) is 485 cm³/mol. The first kappa shape index (κ1) is 88.4. The van der Waals surface area contributed by atoms with Crippen molar-refractivity contribution in [3.05, 3.63) is 270 Å². The van der Waals surface area contributed by atoms with Gasteiger partial charge in [-0.2, -0.15) is 15.0 Å². The Kier molecular flexibility index (Phi) is 25.5. The van der Waals surface area contributed by atoms with Crippen LogP contribution in [-0.4, -0.2) is 172 Å². The summed E-state index contributed by atoms with van der Waals surface area (Å²) in [5.74, 6) is -0.893. The Balaban J connectivity index is 0.000000152. The maximum atomic E-state index is 16.0. The number of amides is 3. The lowest BCUT2D eigenvalue weighted by Crippen LogP contribution is -2.58. The SMILES string of the molecule is C=CC(=O)N1CC(C)N(c2nc(=O)n(-c3c(C)cc(C=C)nc3C(C)C)c3nc(-c4ccccc4F)c(Cl)cc23)CC1C.C=CC(=O)N1CC(C)N(c2nc(=O)n(-c3c(C)ccnc3C(C)C)c3nc(-c4ccccc4CO)c(F)cc23)CC1C.C=CC(=O)N1CCN(c2nc(=O)n(-c3c(C)ccnc3C(C)C)c3nc(-c4ccccc4F)c(Cl)cc23)C2CC21. The maximum Gasteiger partial charge on any atom is 0.355 e. The molecule has 0 spiro atoms. The Hall–Kier alpha value is -12.9. The third-order valence-corrected chi connectivity index (χ3v) is 24.0. The number of carbonyl (C=O) groups is 3. The number of aliphatic hydroxyl groups is 1. The lowest BCUT2D eigenvalue weighted by atomic mass is 10.0. The highest BCUT2D eigenvalue weighted by molar-refractivity contribution is 6.34. The van der Waals surface area contributed by atoms with Gasteiger partial charge in [-0.25, -0.2) is 56.2 Å². The number of nitrogens with zero attached hydrogens (tertiary/aromatic N) is 18. The van der Waals surface area contributed by atoms with Crippen molar-refractivity contribution >= 4 is 97.6 Å². The molecule has 3 amide bonds. The van der Waals surface area contributed by atoms with Crippen molar-refractivity contribution in [3.63, 3.8) is 0 Å². The molecule has 4 aliphatic rings. The van der Waals surface area contributed by atoms with Crippen molar-refractivity contribution in [3.8, 4) is 50.8 Å². The van der Waals surface area contributed by atoms with Crippen LogP contribution in [0.25, 0.3) is 90.0 Å². The highest BCUT2D eigenvalue weighted by Crippen LogP contribution is 2.45. The van der Waals surface area contributed by atoms with E-state index < -0.39 is 34.5 Å². The molecular formula is C95H97Cl2F3N18O7. The Morgan fingerprint density at radius 1 is 0.456 bits per heavy atom. The van der Waals surface area contributed by atoms with Crippen LogP contribution in [0.2, 0.25) is 10.0 Å². The molecule has 3 aliphatic heterocycles. The summed E-state index contributed by atoms with van der Waals surface area (Å²) in [5.41, 5.74) is 7.96. The molecule has 4 fully saturated rings. The summed E-state index contributed by atoms with van der Waals surface area (Å²) in [7, 11) is 0. The fourth-order valence-corrected chi connectivity index (χ4v) is 17.7. The first-order chi connectivity index (χ1) is 59.7. The number of hydrogen-bond acceptors (Lipinski definition) is 19. The van der Waals surface area contributed by atoms with Gasteiger partial charge in [0.05, 0.1) is 96.1 Å². The third-order valence-electron chi connectivity index (χ3n) is 23.4. The van der Waals surface area contributed by atoms with Gasteiger partial charge in [-0.05, 0) is 180 Å². The molecule has 1 saturated carbocycles. The van der Waals surface area contributed by atoms with Crippen molar-refractivity contribution in [2.75, 3.05) is 54.0 Å². The summed E-state index contributed by atoms with van der Waals surface area (Å²) in [6.07, 6.45) is 9.78. The molecule has 3 aromatic carbocycles. The van der Waals surface area contributed by atoms with Gasteiger partial charge < -0.3 is 34.5 Å². The second kappa shape index (κ2) is 36.1. The lowest BCUT2D eigenvalue weighted by molar-refractivity contribution is -0.129. The van der Waals surface area contributed by atoms with E-state index in [0.29, 0.717) is 124 Å². The largest absolute Gasteiger partial charge is 0.392 e. The number of rotatable bonds is 17. The normalized spacial score (nSPS) is 17.5. The summed E-state index contributed by atoms with van der Waals surface area (Å²) in [6, 6.07) is 29.0. The number of carbonyl (C=O) groups excluding carboxylic acids is 3. The van der Waals surface area contributed by atoms with Crippen molar-refractivity contribution in [1.29, 1.82) is 0 Å². The van der Waals surface area contributed by atoms with Crippen LogP contribution in [0, 0.1) is 38.2 Å². The van der Waals surface area contributed by atoms with Crippen LogP contribution in [0.15, 0.2) is 181 Å². The zero-order valence-corrected chi connectivity index (χ0v) is 73.4. The smallest absolute Gasteiger partial charge is 0.355 e. The van der Waals surface area contributed by atoms with Crippen LogP contribution in [0.3, 0.4) is 0 Å². The van der Waals surface area contributed by atoms with Crippen molar-refractivity contribution in [2.24, 2.45) is 0 Å². The first-order valence-corrected chi connectivity index (χ1v) is 42.2. The second-order valence-electron chi connectivity index (χ2n) is 32.9. The van der Waals surface area contributed by atoms with Crippen molar-refractivity contribution in [2.45, 2.75) is 157 Å². The molecule has 0 bridgehead atoms. The maximum absolute atomic E-state index is 16.0. The number of aliphatic hydroxyl groups excluding tert-OH is 1. The topological polar surface area (TPSA) is 273 Å². The molecule has 12 heterocycles. The van der Waals surface area contributed by atoms with E-state index in [9.17, 15) is 38.3 Å². The number of pyridine rings is 6. The van der Waals surface area contributed by atoms with Crippen LogP contribution in [0.5, 0.6) is 0 Å². The Morgan fingerprint density at radius 3 is 1.28 bits per heavy atom. The Labute approximate surface area is 731 Å². The summed E-state index contributed by atoms with van der Waals surface area (Å²) >= 11 is 13.6. The number of piperazine rings is 3. The minimum atomic E-state index is -0.607. The Morgan fingerprint density at radius 2 is 0.856 bits per heavy atom. The van der Waals surface area contributed by atoms with Crippen LogP contribution in [0.4, 0.5) is 30.6 Å². The van der Waals surface area contributed by atoms with E-state index in [4.69, 9.17) is 43.1 Å². The molecule has 1 aliphatic carbocycles. The molecule has 6 unspecified atom stereocenters. The quantitative estimate of drug-likeness (QED) is 0.0829. The van der Waals surface area contributed by atoms with Gasteiger partial charge in [-0.15, -0.1) is 0 Å². The summed E-state index contributed by atoms with van der Waals surface area (Å²) in [6.45, 7) is 42.4. The molecule has 16 rings (SSSR count). The minimum Gasteiger partial charge on any atom is -0.392 e. The molecule has 125 heavy (non-hydrogen) atoms. The van der Waals surface area contributed by atoms with E-state index in [1.807, 2.05) is 123 Å². The Bertz CT molecular complexity index is 6570. The second-order valence-corrected chi connectivity index (χ2v) is 33.7. The number of aromatic nitrogens is 12. The predicted octanol–water partition coefficient (Wildman–Crippen LogP) is 15.9. The van der Waals surface area contributed by atoms with Crippen LogP contribution in [0.1, 0.15) is 138 Å². The number of anilines is 3. The summed E-state index contributed by atoms with van der Waals surface area (Å²) in [5, 5.41) is 11.9. The van der Waals surface area contributed by atoms with Gasteiger partial charge in [-0.3, -0.25) is 29.3 Å². The monoisotopic (exact) mass is 1730 g/mol. The molecule has 6 atom stereocenters. The summed E-state index contributed by atoms with van der Waals surface area (Å²) in [4.78, 5) is 133. The number of hydrogen-bond donors (Lipinski definition) is 1. The number of halogens is 5. The molecule has 1 N–H and O–H groups in total. The zero-order chi connectivity index (χ0) is 89.7. The third kappa shape index (κ3) is 16.7. The van der Waals surface area contributed by atoms with E-state index in [1.54, 1.807) is 101 Å². The van der Waals surface area contributed by atoms with Crippen molar-refractivity contribution in [1.82, 2.24) is 73.3 Å². The van der Waals surface area contributed by atoms with Crippen LogP contribution in [-0.2, 0) is 21.0 Å². The average molecular weight is 1730 g/mol. The number of aryl methyl sites for hydroxylation is 3. The highest BCUT2D eigenvalue weighted by atomic mass is 35.5. The molecule has 25 nitrogen and oxygen atoms in total. The average Bonchev–Trinajstić information content (AvgIpc) is 1.71. The molecule has 3 saturated heterocycles. The lowest BCUT2D eigenvalue weighted by Gasteiger charge is -2.44. The highest BCUT2D eigenvalue weighted by Gasteiger charge is 2.51. The van der Waals surface area contributed by atoms with Gasteiger partial charge in [0.2, 0.25) is 17.7 Å². The van der Waals surface area contributed by atoms with E-state index >= 15 is 8.78 Å². The molecule has 644 valence electrons. The van der Waals surface area contributed by atoms with Gasteiger partial charge in [-0.1, -0.05) is 140 Å². The van der Waals surface area contributed by atoms with Gasteiger partial charge in [0, 0.05) is 92.5 Å². The van der Waals surface area contributed by atoms with E-state index in [2.05, 4.69) is 56.1 Å². The standard InChI is InChI=1S/C33H34ClFN6O2.C32H35FN6O3.C30H28ClFN6O2/c1-8-22-14-19(5)30(28(36-22)18(3)4)41-32-24(15-25(34)29(37-32)23-12-10-11-13-26(23)35)31(38-33(41)43)40-17-20(6)39(16-21(40)7)27(42)9-2;1-7-26(41)37-15-21(6)38(16-20(37)5)30-24-14-25(33)28(23-11-9-8-10-22(23)17-40)35-31(24)39(32(42)36-30)29-19(4)12-13-34-27(29)18(2)3;1-5-24(39)36-12-13-37(23-15-22(23)36)28-19-14-20(31)26(18-8-6-7-9-21(18)32)34-29(19)38(30(40)35-28)27-17(4)10-11-33-25(27)16(2)3/h8-15,18,20-21H,1-2,16-17H2,3-7H3;7-14,18,20-21,40H,1,15-17H2,2-6H3;5-11,14,16,22-23H,1,12-13,15H2,2-4H3. The van der Waals surface area contributed by atoms with Gasteiger partial charge in [0.15, 0.2) is 16.9 Å². The number of benzene rings is 3. The van der Waals surface area contributed by atoms with Crippen LogP contribution >= 0.6 is 23.2 Å². The van der Waals surface area contributed by atoms with E-state index in [0.717, 1.165) is 28.8 Å². The molecule has 30 heteroatoms. The first-order valence-electron chi connectivity index (χ1n) is 41.5. The molecular weight excluding hydrogens is 1630 g/mol. The van der Waals surface area contributed by atoms with E-state index in [1.165, 1.54) is 50.1 Å².